The minimum atomic E-state index is -4.58. The molecule has 6 heteroatoms. The van der Waals surface area contributed by atoms with E-state index in [1.54, 1.807) is 0 Å². The van der Waals surface area contributed by atoms with E-state index >= 15 is 0 Å². The van der Waals surface area contributed by atoms with Crippen molar-refractivity contribution in [3.8, 4) is 0 Å². The number of halogens is 5. The van der Waals surface area contributed by atoms with Gasteiger partial charge in [0.05, 0.1) is 11.8 Å². The average molecular weight is 244 g/mol. The van der Waals surface area contributed by atoms with Crippen LogP contribution < -0.4 is 0 Å². The fraction of sp³-hybridized carbons (Fsp3) is 0.167. The number of rotatable bonds is 0. The van der Waals surface area contributed by atoms with Gasteiger partial charge >= 0.3 is 6.18 Å². The molecule has 0 aliphatic heterocycles. The normalized spacial score (nSPS) is 11.8. The van der Waals surface area contributed by atoms with Crippen molar-refractivity contribution in [2.75, 3.05) is 0 Å². The van der Waals surface area contributed by atoms with Gasteiger partial charge in [-0.05, 0) is 22.0 Å². The Hall–Kier alpha value is -0.650. The van der Waals surface area contributed by atoms with Gasteiger partial charge in [0, 0.05) is 0 Å². The van der Waals surface area contributed by atoms with Gasteiger partial charge < -0.3 is 0 Å². The second kappa shape index (κ2) is 3.01. The average Bonchev–Trinajstić information content (AvgIpc) is 1.92. The Balaban J connectivity index is 3.23. The minimum absolute atomic E-state index is 0.386. The van der Waals surface area contributed by atoms with E-state index in [-0.39, 0.29) is 0 Å². The number of alkyl halides is 3. The van der Waals surface area contributed by atoms with Gasteiger partial charge in [0.25, 0.3) is 0 Å². The smallest absolute Gasteiger partial charge is 0.246 e. The van der Waals surface area contributed by atoms with Crippen molar-refractivity contribution < 1.29 is 17.6 Å². The third-order valence-electron chi connectivity index (χ3n) is 1.11. The molecule has 0 unspecified atom stereocenters. The molecule has 0 saturated heterocycles. The van der Waals surface area contributed by atoms with E-state index in [0.717, 1.165) is 0 Å². The highest BCUT2D eigenvalue weighted by Gasteiger charge is 2.34. The molecule has 0 aromatic carbocycles. The lowest BCUT2D eigenvalue weighted by Crippen LogP contribution is -2.07. The van der Waals surface area contributed by atoms with Crippen molar-refractivity contribution in [2.45, 2.75) is 6.18 Å². The molecule has 1 rings (SSSR count). The second-order valence-corrected chi connectivity index (χ2v) is 2.74. The maximum Gasteiger partial charge on any atom is 0.419 e. The summed E-state index contributed by atoms with van der Waals surface area (Å²) in [5, 5.41) is 0. The van der Waals surface area contributed by atoms with Crippen LogP contribution in [0, 0.1) is 5.82 Å². The lowest BCUT2D eigenvalue weighted by atomic mass is 10.3. The summed E-state index contributed by atoms with van der Waals surface area (Å²) in [6, 6.07) is 0.386. The molecule has 0 amide bonds. The van der Waals surface area contributed by atoms with Crippen LogP contribution in [0.1, 0.15) is 5.56 Å². The van der Waals surface area contributed by atoms with E-state index in [9.17, 15) is 17.6 Å². The maximum atomic E-state index is 12.3. The standard InChI is InChI=1S/C6H2BrF4N/c7-5-4(6(9,10)11)1-3(8)2-12-5/h1-2H. The first kappa shape index (κ1) is 9.44. The molecule has 0 aliphatic carbocycles. The number of nitrogens with zero attached hydrogens (tertiary/aromatic N) is 1. The van der Waals surface area contributed by atoms with Crippen molar-refractivity contribution in [1.29, 1.82) is 0 Å². The highest BCUT2D eigenvalue weighted by molar-refractivity contribution is 9.10. The summed E-state index contributed by atoms with van der Waals surface area (Å²) in [4.78, 5) is 3.17. The Labute approximate surface area is 73.5 Å². The van der Waals surface area contributed by atoms with Crippen LogP contribution in [-0.2, 0) is 6.18 Å². The van der Waals surface area contributed by atoms with Crippen molar-refractivity contribution >= 4 is 15.9 Å². The largest absolute Gasteiger partial charge is 0.419 e. The first-order valence-corrected chi connectivity index (χ1v) is 3.59. The third-order valence-corrected chi connectivity index (χ3v) is 1.74. The molecular weight excluding hydrogens is 242 g/mol. The highest BCUT2D eigenvalue weighted by Crippen LogP contribution is 2.33. The van der Waals surface area contributed by atoms with E-state index in [2.05, 4.69) is 20.9 Å². The van der Waals surface area contributed by atoms with Gasteiger partial charge in [0.2, 0.25) is 0 Å². The number of hydrogen-bond donors (Lipinski definition) is 0. The number of pyridine rings is 1. The third kappa shape index (κ3) is 1.94. The van der Waals surface area contributed by atoms with Crippen molar-refractivity contribution in [3.63, 3.8) is 0 Å². The highest BCUT2D eigenvalue weighted by atomic mass is 79.9. The fourth-order valence-corrected chi connectivity index (χ4v) is 1.06. The summed E-state index contributed by atoms with van der Waals surface area (Å²) < 4.78 is 47.9. The molecule has 0 spiro atoms. The Morgan fingerprint density at radius 2 is 1.92 bits per heavy atom. The molecule has 1 aromatic rings. The molecule has 0 bridgehead atoms. The van der Waals surface area contributed by atoms with Crippen LogP contribution in [0.2, 0.25) is 0 Å². The monoisotopic (exact) mass is 243 g/mol. The zero-order valence-electron chi connectivity index (χ0n) is 5.49. The van der Waals surface area contributed by atoms with Crippen LogP contribution in [0.15, 0.2) is 16.9 Å². The maximum absolute atomic E-state index is 12.3. The van der Waals surface area contributed by atoms with Gasteiger partial charge in [-0.2, -0.15) is 13.2 Å². The second-order valence-electron chi connectivity index (χ2n) is 1.99. The zero-order chi connectivity index (χ0) is 9.35. The summed E-state index contributed by atoms with van der Waals surface area (Å²) in [5.41, 5.74) is -1.11. The molecule has 0 fully saturated rings. The van der Waals surface area contributed by atoms with Gasteiger partial charge in [-0.15, -0.1) is 0 Å². The Morgan fingerprint density at radius 1 is 1.33 bits per heavy atom. The molecule has 1 nitrogen and oxygen atoms in total. The summed E-state index contributed by atoms with van der Waals surface area (Å²) in [5.74, 6) is -1.01. The number of aromatic nitrogens is 1. The van der Waals surface area contributed by atoms with Gasteiger partial charge in [0.1, 0.15) is 10.4 Å². The molecular formula is C6H2BrF4N. The van der Waals surface area contributed by atoms with E-state index in [1.165, 1.54) is 0 Å². The molecule has 0 saturated carbocycles. The van der Waals surface area contributed by atoms with Gasteiger partial charge in [-0.3, -0.25) is 0 Å². The summed E-state index contributed by atoms with van der Waals surface area (Å²) in [6.07, 6.45) is -3.87. The molecule has 0 radical (unpaired) electrons. The van der Waals surface area contributed by atoms with Crippen LogP contribution in [0.3, 0.4) is 0 Å². The molecule has 1 aromatic heterocycles. The van der Waals surface area contributed by atoms with Gasteiger partial charge in [-0.1, -0.05) is 0 Å². The Morgan fingerprint density at radius 3 is 2.33 bits per heavy atom. The first-order valence-electron chi connectivity index (χ1n) is 2.79. The summed E-state index contributed by atoms with van der Waals surface area (Å²) in [7, 11) is 0. The van der Waals surface area contributed by atoms with Crippen molar-refractivity contribution in [1.82, 2.24) is 4.98 Å². The topological polar surface area (TPSA) is 12.9 Å². The van der Waals surface area contributed by atoms with Crippen molar-refractivity contribution in [3.05, 3.63) is 28.2 Å². The quantitative estimate of drug-likeness (QED) is 0.505. The first-order chi connectivity index (χ1) is 5.41. The lowest BCUT2D eigenvalue weighted by Gasteiger charge is -2.07. The van der Waals surface area contributed by atoms with Crippen molar-refractivity contribution in [2.24, 2.45) is 0 Å². The summed E-state index contributed by atoms with van der Waals surface area (Å²) >= 11 is 2.57. The molecule has 0 atom stereocenters. The van der Waals surface area contributed by atoms with E-state index in [0.29, 0.717) is 12.3 Å². The summed E-state index contributed by atoms with van der Waals surface area (Å²) in [6.45, 7) is 0. The zero-order valence-corrected chi connectivity index (χ0v) is 7.08. The SMILES string of the molecule is Fc1cnc(Br)c(C(F)(F)F)c1. The van der Waals surface area contributed by atoms with E-state index in [4.69, 9.17) is 0 Å². The molecule has 12 heavy (non-hydrogen) atoms. The fourth-order valence-electron chi connectivity index (χ4n) is 0.621. The van der Waals surface area contributed by atoms with E-state index < -0.39 is 22.2 Å². The Bertz CT molecular complexity index is 296. The Kier molecular flexibility index (Phi) is 2.36. The predicted octanol–water partition coefficient (Wildman–Crippen LogP) is 3.00. The van der Waals surface area contributed by atoms with Crippen LogP contribution in [0.4, 0.5) is 17.6 Å². The predicted molar refractivity (Wildman–Crippen MR) is 36.9 cm³/mol. The van der Waals surface area contributed by atoms with Crippen LogP contribution in [0.5, 0.6) is 0 Å². The van der Waals surface area contributed by atoms with Crippen LogP contribution in [0.25, 0.3) is 0 Å². The van der Waals surface area contributed by atoms with Crippen LogP contribution >= 0.6 is 15.9 Å². The van der Waals surface area contributed by atoms with Crippen LogP contribution in [-0.4, -0.2) is 4.98 Å². The molecule has 1 heterocycles. The van der Waals surface area contributed by atoms with Gasteiger partial charge in [0.15, 0.2) is 0 Å². The molecule has 0 N–H and O–H groups in total. The number of hydrogen-bond acceptors (Lipinski definition) is 1. The minimum Gasteiger partial charge on any atom is -0.246 e. The van der Waals surface area contributed by atoms with E-state index in [1.807, 2.05) is 0 Å². The molecule has 66 valence electrons. The molecule has 0 aliphatic rings. The lowest BCUT2D eigenvalue weighted by molar-refractivity contribution is -0.138. The van der Waals surface area contributed by atoms with Gasteiger partial charge in [-0.25, -0.2) is 9.37 Å².